The van der Waals surface area contributed by atoms with E-state index >= 15 is 0 Å². The van der Waals surface area contributed by atoms with Crippen molar-refractivity contribution in [1.29, 1.82) is 0 Å². The van der Waals surface area contributed by atoms with E-state index in [4.69, 9.17) is 0 Å². The van der Waals surface area contributed by atoms with Crippen LogP contribution in [0.5, 0.6) is 0 Å². The number of rotatable bonds is 2. The number of amides is 2. The quantitative estimate of drug-likeness (QED) is 0.792. The zero-order valence-electron chi connectivity index (χ0n) is 15.4. The highest BCUT2D eigenvalue weighted by Gasteiger charge is 2.48. The second-order valence-electron chi connectivity index (χ2n) is 7.47. The number of fused-ring (bicyclic) bond motifs is 1. The molecular weight excluding hydrogens is 338 g/mol. The molecule has 2 aliphatic heterocycles. The first-order chi connectivity index (χ1) is 11.7. The fourth-order valence-corrected chi connectivity index (χ4v) is 5.86. The van der Waals surface area contributed by atoms with E-state index in [1.165, 1.54) is 21.6 Å². The van der Waals surface area contributed by atoms with E-state index in [9.17, 15) is 13.2 Å². The first-order valence-corrected chi connectivity index (χ1v) is 10.5. The number of hydrogen-bond donors (Lipinski definition) is 0. The number of carbonyl (C=O) groups excluding carboxylic acids is 1. The van der Waals surface area contributed by atoms with E-state index in [0.717, 1.165) is 6.54 Å². The largest absolute Gasteiger partial charge is 0.331 e. The van der Waals surface area contributed by atoms with Crippen molar-refractivity contribution >= 4 is 15.9 Å². The average Bonchev–Trinajstić information content (AvgIpc) is 2.86. The van der Waals surface area contributed by atoms with E-state index in [-0.39, 0.29) is 29.6 Å². The van der Waals surface area contributed by atoms with Crippen molar-refractivity contribution < 1.29 is 13.2 Å². The van der Waals surface area contributed by atoms with Crippen molar-refractivity contribution in [3.05, 3.63) is 34.9 Å². The predicted molar refractivity (Wildman–Crippen MR) is 98.3 cm³/mol. The minimum atomic E-state index is -3.12. The second-order valence-corrected chi connectivity index (χ2v) is 9.62. The molecule has 2 aliphatic rings. The van der Waals surface area contributed by atoms with Crippen molar-refractivity contribution in [2.45, 2.75) is 32.5 Å². The van der Waals surface area contributed by atoms with Gasteiger partial charge in [-0.25, -0.2) is 13.2 Å². The Labute approximate surface area is 150 Å². The number of piperazine rings is 1. The molecule has 1 aromatic rings. The smallest absolute Gasteiger partial charge is 0.319 e. The minimum Gasteiger partial charge on any atom is -0.331 e. The van der Waals surface area contributed by atoms with Crippen LogP contribution in [0.4, 0.5) is 4.79 Å². The Morgan fingerprint density at radius 2 is 1.80 bits per heavy atom. The van der Waals surface area contributed by atoms with E-state index in [1.54, 1.807) is 19.0 Å². The average molecular weight is 365 g/mol. The topological polar surface area (TPSA) is 60.9 Å². The fraction of sp³-hybridized carbons (Fsp3) is 0.611. The van der Waals surface area contributed by atoms with E-state index in [1.807, 2.05) is 0 Å². The summed E-state index contributed by atoms with van der Waals surface area (Å²) in [6.45, 7) is 6.17. The van der Waals surface area contributed by atoms with Gasteiger partial charge in [0.25, 0.3) is 0 Å². The Hall–Kier alpha value is -1.60. The van der Waals surface area contributed by atoms with Crippen LogP contribution in [0.1, 0.15) is 16.7 Å². The van der Waals surface area contributed by atoms with E-state index < -0.39 is 9.84 Å². The molecule has 0 bridgehead atoms. The summed E-state index contributed by atoms with van der Waals surface area (Å²) >= 11 is 0. The summed E-state index contributed by atoms with van der Waals surface area (Å²) in [5, 5.41) is 0. The third-order valence-corrected chi connectivity index (χ3v) is 7.08. The lowest BCUT2D eigenvalue weighted by molar-refractivity contribution is 0.0520. The summed E-state index contributed by atoms with van der Waals surface area (Å²) in [7, 11) is 0.306. The van der Waals surface area contributed by atoms with Gasteiger partial charge in [0.15, 0.2) is 9.84 Å². The number of hydrogen-bond acceptors (Lipinski definition) is 4. The number of urea groups is 1. The summed E-state index contributed by atoms with van der Waals surface area (Å²) in [6, 6.07) is 5.92. The number of carbonyl (C=O) groups is 1. The molecule has 7 heteroatoms. The van der Waals surface area contributed by atoms with Crippen LogP contribution in [0.3, 0.4) is 0 Å². The standard InChI is InChI=1S/C18H27N3O3S/c1-13-5-6-15(9-14(13)2)10-20-7-8-21(18(22)19(3)4)17-12-25(23,24)11-16(17)20/h5-6,9,16-17H,7-8,10-12H2,1-4H3/t16-,17+/m1/s1. The maximum Gasteiger partial charge on any atom is 0.319 e. The van der Waals surface area contributed by atoms with Crippen molar-refractivity contribution in [3.8, 4) is 0 Å². The first kappa shape index (κ1) is 18.2. The predicted octanol–water partition coefficient (Wildman–Crippen LogP) is 1.27. The highest BCUT2D eigenvalue weighted by Crippen LogP contribution is 2.29. The van der Waals surface area contributed by atoms with Gasteiger partial charge in [-0.3, -0.25) is 4.90 Å². The summed E-state index contributed by atoms with van der Waals surface area (Å²) < 4.78 is 24.5. The number of aryl methyl sites for hydroxylation is 2. The molecule has 0 spiro atoms. The Morgan fingerprint density at radius 3 is 2.44 bits per heavy atom. The van der Waals surface area contributed by atoms with Crippen LogP contribution in [0.15, 0.2) is 18.2 Å². The van der Waals surface area contributed by atoms with Crippen molar-refractivity contribution in [1.82, 2.24) is 14.7 Å². The lowest BCUT2D eigenvalue weighted by atomic mass is 10.0. The molecule has 2 saturated heterocycles. The monoisotopic (exact) mass is 365 g/mol. The molecule has 3 rings (SSSR count). The Morgan fingerprint density at radius 1 is 1.12 bits per heavy atom. The maximum atomic E-state index is 12.4. The number of sulfone groups is 1. The molecule has 2 amide bonds. The van der Waals surface area contributed by atoms with Gasteiger partial charge in [0, 0.05) is 39.8 Å². The molecule has 0 saturated carbocycles. The van der Waals surface area contributed by atoms with Crippen LogP contribution in [-0.4, -0.2) is 79.9 Å². The van der Waals surface area contributed by atoms with Crippen LogP contribution in [0.25, 0.3) is 0 Å². The minimum absolute atomic E-state index is 0.0701. The van der Waals surface area contributed by atoms with Crippen molar-refractivity contribution in [3.63, 3.8) is 0 Å². The lowest BCUT2D eigenvalue weighted by Crippen LogP contribution is -2.61. The maximum absolute atomic E-state index is 12.4. The third kappa shape index (κ3) is 3.67. The zero-order chi connectivity index (χ0) is 18.4. The van der Waals surface area contributed by atoms with Crippen molar-refractivity contribution in [2.75, 3.05) is 38.7 Å². The molecule has 6 nitrogen and oxygen atoms in total. The number of benzene rings is 1. The Kier molecular flexibility index (Phi) is 4.81. The molecule has 25 heavy (non-hydrogen) atoms. The summed E-state index contributed by atoms with van der Waals surface area (Å²) in [4.78, 5) is 17.9. The molecule has 2 heterocycles. The van der Waals surface area contributed by atoms with Gasteiger partial charge in [-0.1, -0.05) is 18.2 Å². The summed E-state index contributed by atoms with van der Waals surface area (Å²) in [6.07, 6.45) is 0. The highest BCUT2D eigenvalue weighted by atomic mass is 32.2. The first-order valence-electron chi connectivity index (χ1n) is 8.66. The van der Waals surface area contributed by atoms with Gasteiger partial charge >= 0.3 is 6.03 Å². The molecule has 0 N–H and O–H groups in total. The molecule has 138 valence electrons. The van der Waals surface area contributed by atoms with Crippen LogP contribution in [0, 0.1) is 13.8 Å². The fourth-order valence-electron chi connectivity index (χ4n) is 3.85. The summed E-state index contributed by atoms with van der Waals surface area (Å²) in [5.41, 5.74) is 3.69. The van der Waals surface area contributed by atoms with Crippen molar-refractivity contribution in [2.24, 2.45) is 0 Å². The second kappa shape index (κ2) is 6.61. The Bertz CT molecular complexity index is 776. The van der Waals surface area contributed by atoms with Gasteiger partial charge in [-0.05, 0) is 30.5 Å². The summed E-state index contributed by atoms with van der Waals surface area (Å²) in [5.74, 6) is 0.209. The zero-order valence-corrected chi connectivity index (χ0v) is 16.2. The normalized spacial score (nSPS) is 25.7. The lowest BCUT2D eigenvalue weighted by Gasteiger charge is -2.44. The van der Waals surface area contributed by atoms with Gasteiger partial charge in [0.2, 0.25) is 0 Å². The van der Waals surface area contributed by atoms with Gasteiger partial charge < -0.3 is 9.80 Å². The van der Waals surface area contributed by atoms with Gasteiger partial charge in [-0.15, -0.1) is 0 Å². The molecule has 0 unspecified atom stereocenters. The molecule has 1 aromatic carbocycles. The number of nitrogens with zero attached hydrogens (tertiary/aromatic N) is 3. The van der Waals surface area contributed by atoms with Crippen LogP contribution in [-0.2, 0) is 16.4 Å². The van der Waals surface area contributed by atoms with Crippen LogP contribution in [0.2, 0.25) is 0 Å². The third-order valence-electron chi connectivity index (χ3n) is 5.38. The van der Waals surface area contributed by atoms with E-state index in [2.05, 4.69) is 36.9 Å². The SMILES string of the molecule is Cc1ccc(CN2CCN(C(=O)N(C)C)[C@H]3CS(=O)(=O)C[C@H]32)cc1C. The molecule has 2 atom stereocenters. The Balaban J connectivity index is 1.83. The molecular formula is C18H27N3O3S. The molecule has 2 fully saturated rings. The van der Waals surface area contributed by atoms with Gasteiger partial charge in [-0.2, -0.15) is 0 Å². The van der Waals surface area contributed by atoms with E-state index in [0.29, 0.717) is 13.1 Å². The molecule has 0 aromatic heterocycles. The van der Waals surface area contributed by atoms with Gasteiger partial charge in [0.05, 0.1) is 17.5 Å². The molecule has 0 aliphatic carbocycles. The molecule has 0 radical (unpaired) electrons. The highest BCUT2D eigenvalue weighted by molar-refractivity contribution is 7.91. The van der Waals surface area contributed by atoms with Crippen LogP contribution >= 0.6 is 0 Å². The van der Waals surface area contributed by atoms with Gasteiger partial charge in [0.1, 0.15) is 0 Å². The van der Waals surface area contributed by atoms with Crippen LogP contribution < -0.4 is 0 Å².